The molecule has 19 heavy (non-hydrogen) atoms. The lowest BCUT2D eigenvalue weighted by Gasteiger charge is -2.17. The Morgan fingerprint density at radius 1 is 1.11 bits per heavy atom. The summed E-state index contributed by atoms with van der Waals surface area (Å²) in [5.41, 5.74) is 3.97. The van der Waals surface area contributed by atoms with E-state index in [-0.39, 0.29) is 0 Å². The summed E-state index contributed by atoms with van der Waals surface area (Å²) in [6.07, 6.45) is 1.10. The van der Waals surface area contributed by atoms with E-state index >= 15 is 0 Å². The van der Waals surface area contributed by atoms with Crippen LogP contribution in [0.2, 0.25) is 0 Å². The van der Waals surface area contributed by atoms with Crippen molar-refractivity contribution in [2.24, 2.45) is 0 Å². The molecule has 0 aliphatic heterocycles. The molecule has 0 aromatic heterocycles. The molecule has 0 radical (unpaired) electrons. The lowest BCUT2D eigenvalue weighted by atomic mass is 10.0. The Labute approximate surface area is 124 Å². The molecule has 0 heterocycles. The van der Waals surface area contributed by atoms with Crippen LogP contribution in [0.15, 0.2) is 53.0 Å². The zero-order valence-electron chi connectivity index (χ0n) is 11.5. The highest BCUT2D eigenvalue weighted by Crippen LogP contribution is 2.19. The van der Waals surface area contributed by atoms with Crippen molar-refractivity contribution in [2.45, 2.75) is 32.9 Å². The van der Waals surface area contributed by atoms with Crippen LogP contribution in [-0.4, -0.2) is 0 Å². The van der Waals surface area contributed by atoms with Crippen LogP contribution in [0, 0.1) is 6.92 Å². The fourth-order valence-electron chi connectivity index (χ4n) is 2.24. The largest absolute Gasteiger partial charge is 0.306 e. The summed E-state index contributed by atoms with van der Waals surface area (Å²) >= 11 is 3.54. The molecular weight excluding hydrogens is 298 g/mol. The maximum atomic E-state index is 3.63. The Balaban J connectivity index is 2.02. The predicted molar refractivity (Wildman–Crippen MR) is 85.2 cm³/mol. The molecule has 1 N–H and O–H groups in total. The van der Waals surface area contributed by atoms with E-state index in [1.807, 2.05) is 0 Å². The van der Waals surface area contributed by atoms with E-state index in [2.05, 4.69) is 83.6 Å². The van der Waals surface area contributed by atoms with E-state index < -0.39 is 0 Å². The first-order valence-electron chi connectivity index (χ1n) is 6.74. The average Bonchev–Trinajstić information content (AvgIpc) is 2.44. The van der Waals surface area contributed by atoms with Crippen molar-refractivity contribution >= 4 is 15.9 Å². The van der Waals surface area contributed by atoms with Gasteiger partial charge in [-0.3, -0.25) is 0 Å². The summed E-state index contributed by atoms with van der Waals surface area (Å²) in [4.78, 5) is 0. The zero-order valence-corrected chi connectivity index (χ0v) is 13.1. The zero-order chi connectivity index (χ0) is 13.7. The second kappa shape index (κ2) is 6.88. The Kier molecular flexibility index (Phi) is 5.17. The van der Waals surface area contributed by atoms with Crippen LogP contribution in [-0.2, 0) is 6.54 Å². The molecule has 1 atom stereocenters. The van der Waals surface area contributed by atoms with Crippen molar-refractivity contribution in [3.05, 3.63) is 69.7 Å². The summed E-state index contributed by atoms with van der Waals surface area (Å²) in [5, 5.41) is 3.63. The van der Waals surface area contributed by atoms with E-state index in [4.69, 9.17) is 0 Å². The first-order valence-corrected chi connectivity index (χ1v) is 7.53. The number of nitrogens with one attached hydrogen (secondary N) is 1. The predicted octanol–water partition coefficient (Wildman–Crippen LogP) is 5.00. The molecule has 2 rings (SSSR count). The molecule has 0 saturated heterocycles. The highest BCUT2D eigenvalue weighted by atomic mass is 79.9. The molecule has 0 spiro atoms. The SMILES string of the molecule is CCC(NCc1ccc(Br)c(C)c1)c1ccccc1. The van der Waals surface area contributed by atoms with Crippen LogP contribution in [0.4, 0.5) is 0 Å². The van der Waals surface area contributed by atoms with E-state index in [0.29, 0.717) is 6.04 Å². The fraction of sp³-hybridized carbons (Fsp3) is 0.294. The van der Waals surface area contributed by atoms with Crippen LogP contribution in [0.25, 0.3) is 0 Å². The van der Waals surface area contributed by atoms with Gasteiger partial charge in [0.2, 0.25) is 0 Å². The standard InChI is InChI=1S/C17H20BrN/c1-3-17(15-7-5-4-6-8-15)19-12-14-9-10-16(18)13(2)11-14/h4-11,17,19H,3,12H2,1-2H3. The molecule has 2 aromatic carbocycles. The van der Waals surface area contributed by atoms with Crippen LogP contribution in [0.3, 0.4) is 0 Å². The van der Waals surface area contributed by atoms with Gasteiger partial charge in [0.1, 0.15) is 0 Å². The maximum absolute atomic E-state index is 3.63. The van der Waals surface area contributed by atoms with Gasteiger partial charge < -0.3 is 5.32 Å². The van der Waals surface area contributed by atoms with Crippen LogP contribution < -0.4 is 5.32 Å². The molecule has 0 fully saturated rings. The number of hydrogen-bond acceptors (Lipinski definition) is 1. The van der Waals surface area contributed by atoms with Crippen LogP contribution in [0.1, 0.15) is 36.1 Å². The lowest BCUT2D eigenvalue weighted by molar-refractivity contribution is 0.519. The third-order valence-electron chi connectivity index (χ3n) is 3.39. The smallest absolute Gasteiger partial charge is 0.0320 e. The summed E-state index contributed by atoms with van der Waals surface area (Å²) in [6.45, 7) is 5.25. The third-order valence-corrected chi connectivity index (χ3v) is 4.27. The number of rotatable bonds is 5. The quantitative estimate of drug-likeness (QED) is 0.818. The number of benzene rings is 2. The van der Waals surface area contributed by atoms with Crippen molar-refractivity contribution in [1.29, 1.82) is 0 Å². The van der Waals surface area contributed by atoms with Crippen LogP contribution in [0.5, 0.6) is 0 Å². The van der Waals surface area contributed by atoms with E-state index in [9.17, 15) is 0 Å². The van der Waals surface area contributed by atoms with Gasteiger partial charge in [-0.1, -0.05) is 65.3 Å². The Morgan fingerprint density at radius 3 is 2.47 bits per heavy atom. The fourth-order valence-corrected chi connectivity index (χ4v) is 2.49. The van der Waals surface area contributed by atoms with Gasteiger partial charge in [-0.2, -0.15) is 0 Å². The third kappa shape index (κ3) is 3.92. The molecule has 1 nitrogen and oxygen atoms in total. The first-order chi connectivity index (χ1) is 9.20. The lowest BCUT2D eigenvalue weighted by Crippen LogP contribution is -2.20. The Bertz CT molecular complexity index is 522. The second-order valence-corrected chi connectivity index (χ2v) is 5.69. The normalized spacial score (nSPS) is 12.4. The van der Waals surface area contributed by atoms with E-state index in [1.54, 1.807) is 0 Å². The summed E-state index contributed by atoms with van der Waals surface area (Å²) in [5.74, 6) is 0. The summed E-state index contributed by atoms with van der Waals surface area (Å²) < 4.78 is 1.17. The molecule has 100 valence electrons. The van der Waals surface area contributed by atoms with Gasteiger partial charge in [-0.15, -0.1) is 0 Å². The van der Waals surface area contributed by atoms with Crippen molar-refractivity contribution < 1.29 is 0 Å². The van der Waals surface area contributed by atoms with Gasteiger partial charge in [0.15, 0.2) is 0 Å². The molecule has 0 aliphatic carbocycles. The average molecular weight is 318 g/mol. The highest BCUT2D eigenvalue weighted by Gasteiger charge is 2.08. The van der Waals surface area contributed by atoms with Crippen molar-refractivity contribution in [3.8, 4) is 0 Å². The van der Waals surface area contributed by atoms with Crippen molar-refractivity contribution in [1.82, 2.24) is 5.32 Å². The Hall–Kier alpha value is -1.12. The van der Waals surface area contributed by atoms with Gasteiger partial charge in [-0.25, -0.2) is 0 Å². The number of aryl methyl sites for hydroxylation is 1. The molecule has 0 bridgehead atoms. The molecule has 0 saturated carbocycles. The van der Waals surface area contributed by atoms with Gasteiger partial charge in [0, 0.05) is 17.1 Å². The van der Waals surface area contributed by atoms with Crippen LogP contribution >= 0.6 is 15.9 Å². The highest BCUT2D eigenvalue weighted by molar-refractivity contribution is 9.10. The van der Waals surface area contributed by atoms with E-state index in [0.717, 1.165) is 13.0 Å². The van der Waals surface area contributed by atoms with Gasteiger partial charge in [-0.05, 0) is 36.1 Å². The van der Waals surface area contributed by atoms with Gasteiger partial charge in [0.05, 0.1) is 0 Å². The molecule has 2 aromatic rings. The van der Waals surface area contributed by atoms with Gasteiger partial charge >= 0.3 is 0 Å². The molecule has 1 unspecified atom stereocenters. The first kappa shape index (κ1) is 14.3. The maximum Gasteiger partial charge on any atom is 0.0320 e. The summed E-state index contributed by atoms with van der Waals surface area (Å²) in [7, 11) is 0. The van der Waals surface area contributed by atoms with E-state index in [1.165, 1.54) is 21.2 Å². The minimum atomic E-state index is 0.421. The number of halogens is 1. The molecular formula is C17H20BrN. The Morgan fingerprint density at radius 2 is 1.84 bits per heavy atom. The topological polar surface area (TPSA) is 12.0 Å². The van der Waals surface area contributed by atoms with Crippen molar-refractivity contribution in [2.75, 3.05) is 0 Å². The minimum Gasteiger partial charge on any atom is -0.306 e. The monoisotopic (exact) mass is 317 g/mol. The molecule has 0 aliphatic rings. The van der Waals surface area contributed by atoms with Gasteiger partial charge in [0.25, 0.3) is 0 Å². The second-order valence-electron chi connectivity index (χ2n) is 4.84. The van der Waals surface area contributed by atoms with Crippen molar-refractivity contribution in [3.63, 3.8) is 0 Å². The number of hydrogen-bond donors (Lipinski definition) is 1. The molecule has 0 amide bonds. The minimum absolute atomic E-state index is 0.421. The summed E-state index contributed by atoms with van der Waals surface area (Å²) in [6, 6.07) is 17.6. The molecule has 2 heteroatoms.